The molecule has 0 saturated carbocycles. The second-order valence-corrected chi connectivity index (χ2v) is 4.28. The van der Waals surface area contributed by atoms with Crippen molar-refractivity contribution < 1.29 is 0 Å². The van der Waals surface area contributed by atoms with E-state index in [0.29, 0.717) is 0 Å². The second kappa shape index (κ2) is 7.34. The molecule has 0 bridgehead atoms. The van der Waals surface area contributed by atoms with Gasteiger partial charge in [-0.15, -0.1) is 0 Å². The number of nitrogen functional groups attached to an aromatic ring is 1. The molecule has 1 aromatic heterocycles. The first-order valence-corrected chi connectivity index (χ1v) is 6.81. The van der Waals surface area contributed by atoms with E-state index in [4.69, 9.17) is 5.73 Å². The van der Waals surface area contributed by atoms with Crippen LogP contribution in [-0.2, 0) is 0 Å². The van der Waals surface area contributed by atoms with E-state index in [1.54, 1.807) is 0 Å². The summed E-state index contributed by atoms with van der Waals surface area (Å²) in [5.74, 6) is 0.843. The van der Waals surface area contributed by atoms with Crippen molar-refractivity contribution in [3.8, 4) is 11.1 Å². The summed E-state index contributed by atoms with van der Waals surface area (Å²) in [6.45, 7) is 9.95. The van der Waals surface area contributed by atoms with Gasteiger partial charge in [-0.1, -0.05) is 32.6 Å². The Kier molecular flexibility index (Phi) is 5.78. The summed E-state index contributed by atoms with van der Waals surface area (Å²) in [6.07, 6.45) is 1.84. The molecule has 0 aliphatic carbocycles. The van der Waals surface area contributed by atoms with Crippen LogP contribution in [0.3, 0.4) is 0 Å². The second-order valence-electron chi connectivity index (χ2n) is 4.28. The summed E-state index contributed by atoms with van der Waals surface area (Å²) in [5, 5.41) is 3.07. The van der Waals surface area contributed by atoms with Gasteiger partial charge < -0.3 is 11.1 Å². The lowest BCUT2D eigenvalue weighted by Crippen LogP contribution is -1.97. The predicted octanol–water partition coefficient (Wildman–Crippen LogP) is 4.43. The van der Waals surface area contributed by atoms with Crippen LogP contribution in [0, 0.1) is 0 Å². The van der Waals surface area contributed by atoms with Gasteiger partial charge >= 0.3 is 0 Å². The summed E-state index contributed by atoms with van der Waals surface area (Å²) in [6, 6.07) is 9.86. The van der Waals surface area contributed by atoms with Crippen molar-refractivity contribution in [2.24, 2.45) is 0 Å². The normalized spacial score (nSPS) is 9.40. The standard InChI is InChI=1S/C15H17N3.C2H6/c1-10(2)14-8-12(9-18-15(14)17-3)11-5-4-6-13(16)7-11;1-2/h4-9H,1,16H2,2-3H3,(H,17,18);1-2H3. The van der Waals surface area contributed by atoms with E-state index in [9.17, 15) is 0 Å². The molecule has 106 valence electrons. The van der Waals surface area contributed by atoms with Crippen molar-refractivity contribution >= 4 is 17.1 Å². The van der Waals surface area contributed by atoms with Gasteiger partial charge in [-0.05, 0) is 36.3 Å². The van der Waals surface area contributed by atoms with Crippen LogP contribution in [0.1, 0.15) is 26.3 Å². The number of aromatic nitrogens is 1. The van der Waals surface area contributed by atoms with E-state index in [1.165, 1.54) is 0 Å². The summed E-state index contributed by atoms with van der Waals surface area (Å²) in [4.78, 5) is 4.41. The SMILES string of the molecule is C=C(C)c1cc(-c2cccc(N)c2)cnc1NC.CC. The van der Waals surface area contributed by atoms with Gasteiger partial charge in [-0.25, -0.2) is 4.98 Å². The smallest absolute Gasteiger partial charge is 0.133 e. The molecule has 0 aliphatic heterocycles. The molecule has 2 aromatic rings. The monoisotopic (exact) mass is 269 g/mol. The number of hydrogen-bond acceptors (Lipinski definition) is 3. The van der Waals surface area contributed by atoms with Crippen LogP contribution in [0.25, 0.3) is 16.7 Å². The fourth-order valence-corrected chi connectivity index (χ4v) is 1.87. The molecule has 0 saturated heterocycles. The molecule has 1 aromatic carbocycles. The highest BCUT2D eigenvalue weighted by atomic mass is 15.0. The maximum Gasteiger partial charge on any atom is 0.133 e. The zero-order valence-corrected chi connectivity index (χ0v) is 12.7. The largest absolute Gasteiger partial charge is 0.399 e. The summed E-state index contributed by atoms with van der Waals surface area (Å²) < 4.78 is 0. The zero-order chi connectivity index (χ0) is 15.1. The van der Waals surface area contributed by atoms with Crippen molar-refractivity contribution in [1.29, 1.82) is 0 Å². The molecule has 0 atom stereocenters. The van der Waals surface area contributed by atoms with E-state index >= 15 is 0 Å². The summed E-state index contributed by atoms with van der Waals surface area (Å²) >= 11 is 0. The van der Waals surface area contributed by atoms with E-state index in [0.717, 1.165) is 33.8 Å². The highest BCUT2D eigenvalue weighted by Crippen LogP contribution is 2.27. The number of nitrogens with zero attached hydrogens (tertiary/aromatic N) is 1. The number of anilines is 2. The predicted molar refractivity (Wildman–Crippen MR) is 89.7 cm³/mol. The number of hydrogen-bond donors (Lipinski definition) is 2. The Hall–Kier alpha value is -2.29. The lowest BCUT2D eigenvalue weighted by molar-refractivity contribution is 1.27. The van der Waals surface area contributed by atoms with Gasteiger partial charge in [0.25, 0.3) is 0 Å². The quantitative estimate of drug-likeness (QED) is 0.810. The number of pyridine rings is 1. The van der Waals surface area contributed by atoms with Crippen molar-refractivity contribution in [3.63, 3.8) is 0 Å². The number of allylic oxidation sites excluding steroid dienone is 1. The van der Waals surface area contributed by atoms with E-state index in [2.05, 4.69) is 22.9 Å². The molecule has 2 rings (SSSR count). The number of nitrogens with one attached hydrogen (secondary N) is 1. The van der Waals surface area contributed by atoms with Crippen molar-refractivity contribution in [2.45, 2.75) is 20.8 Å². The first-order chi connectivity index (χ1) is 9.61. The van der Waals surface area contributed by atoms with Crippen LogP contribution >= 0.6 is 0 Å². The first kappa shape index (κ1) is 15.8. The van der Waals surface area contributed by atoms with Gasteiger partial charge in [0.1, 0.15) is 5.82 Å². The lowest BCUT2D eigenvalue weighted by Gasteiger charge is -2.10. The average molecular weight is 269 g/mol. The Morgan fingerprint density at radius 1 is 1.20 bits per heavy atom. The van der Waals surface area contributed by atoms with Gasteiger partial charge in [-0.3, -0.25) is 0 Å². The topological polar surface area (TPSA) is 50.9 Å². The fourth-order valence-electron chi connectivity index (χ4n) is 1.87. The molecule has 3 N–H and O–H groups in total. The molecule has 0 aliphatic rings. The Morgan fingerprint density at radius 3 is 2.45 bits per heavy atom. The fraction of sp³-hybridized carbons (Fsp3) is 0.235. The number of rotatable bonds is 3. The molecule has 3 nitrogen and oxygen atoms in total. The third-order valence-corrected chi connectivity index (χ3v) is 2.80. The van der Waals surface area contributed by atoms with Gasteiger partial charge in [0.05, 0.1) is 0 Å². The summed E-state index contributed by atoms with van der Waals surface area (Å²) in [5.41, 5.74) is 10.7. The Bertz CT molecular complexity index is 589. The molecule has 0 radical (unpaired) electrons. The highest BCUT2D eigenvalue weighted by molar-refractivity contribution is 5.77. The van der Waals surface area contributed by atoms with E-state index in [-0.39, 0.29) is 0 Å². The van der Waals surface area contributed by atoms with Crippen LogP contribution in [0.2, 0.25) is 0 Å². The maximum atomic E-state index is 5.80. The summed E-state index contributed by atoms with van der Waals surface area (Å²) in [7, 11) is 1.86. The molecular formula is C17H23N3. The molecule has 0 amide bonds. The van der Waals surface area contributed by atoms with E-state index in [1.807, 2.05) is 58.3 Å². The van der Waals surface area contributed by atoms with E-state index < -0.39 is 0 Å². The molecule has 0 unspecified atom stereocenters. The minimum atomic E-state index is 0.752. The Balaban J connectivity index is 0.000000956. The zero-order valence-electron chi connectivity index (χ0n) is 12.7. The van der Waals surface area contributed by atoms with Gasteiger partial charge in [0.2, 0.25) is 0 Å². The van der Waals surface area contributed by atoms with Crippen LogP contribution in [0.15, 0.2) is 43.1 Å². The molecule has 3 heteroatoms. The van der Waals surface area contributed by atoms with Gasteiger partial charge in [0.15, 0.2) is 0 Å². The average Bonchev–Trinajstić information content (AvgIpc) is 2.48. The van der Waals surface area contributed by atoms with Gasteiger partial charge in [-0.2, -0.15) is 0 Å². The minimum absolute atomic E-state index is 0.752. The third kappa shape index (κ3) is 3.60. The van der Waals surface area contributed by atoms with Crippen LogP contribution < -0.4 is 11.1 Å². The molecule has 20 heavy (non-hydrogen) atoms. The first-order valence-electron chi connectivity index (χ1n) is 6.81. The molecule has 0 fully saturated rings. The Labute approximate surface area is 121 Å². The van der Waals surface area contributed by atoms with Crippen LogP contribution in [-0.4, -0.2) is 12.0 Å². The molecule has 0 spiro atoms. The minimum Gasteiger partial charge on any atom is -0.399 e. The van der Waals surface area contributed by atoms with Crippen LogP contribution in [0.4, 0.5) is 11.5 Å². The van der Waals surface area contributed by atoms with Crippen molar-refractivity contribution in [1.82, 2.24) is 4.98 Å². The molecule has 1 heterocycles. The van der Waals surface area contributed by atoms with Gasteiger partial charge in [0, 0.05) is 30.1 Å². The maximum absolute atomic E-state index is 5.80. The molecular weight excluding hydrogens is 246 g/mol. The highest BCUT2D eigenvalue weighted by Gasteiger charge is 2.06. The van der Waals surface area contributed by atoms with Crippen molar-refractivity contribution in [3.05, 3.63) is 48.7 Å². The van der Waals surface area contributed by atoms with Crippen LogP contribution in [0.5, 0.6) is 0 Å². The van der Waals surface area contributed by atoms with Crippen molar-refractivity contribution in [2.75, 3.05) is 18.1 Å². The lowest BCUT2D eigenvalue weighted by atomic mass is 10.0. The third-order valence-electron chi connectivity index (χ3n) is 2.80. The number of benzene rings is 1. The number of nitrogens with two attached hydrogens (primary N) is 1. The Morgan fingerprint density at radius 2 is 1.90 bits per heavy atom.